The molecule has 0 bridgehead atoms. The van der Waals surface area contributed by atoms with Gasteiger partial charge in [-0.1, -0.05) is 97.3 Å². The molecule has 0 aromatic carbocycles. The lowest BCUT2D eigenvalue weighted by Gasteiger charge is -2.27. The van der Waals surface area contributed by atoms with E-state index in [0.29, 0.717) is 5.92 Å². The molecular weight excluding hydrogens is 290 g/mol. The summed E-state index contributed by atoms with van der Waals surface area (Å²) in [7, 11) is 0. The second kappa shape index (κ2) is 16.1. The summed E-state index contributed by atoms with van der Waals surface area (Å²) < 4.78 is 0. The Labute approximate surface area is 147 Å². The lowest BCUT2D eigenvalue weighted by Crippen LogP contribution is -2.39. The van der Waals surface area contributed by atoms with Gasteiger partial charge in [0, 0.05) is 5.54 Å². The maximum Gasteiger partial charge on any atom is 0.0123 e. The molecule has 136 valence electrons. The summed E-state index contributed by atoms with van der Waals surface area (Å²) in [6.07, 6.45) is 19.9. The van der Waals surface area contributed by atoms with Crippen LogP contribution >= 0.6 is 12.4 Å². The van der Waals surface area contributed by atoms with Crippen LogP contribution in [0.15, 0.2) is 0 Å². The lowest BCUT2D eigenvalue weighted by molar-refractivity contribution is 0.316. The van der Waals surface area contributed by atoms with Gasteiger partial charge in [0.2, 0.25) is 0 Å². The Hall–Kier alpha value is 0.250. The molecule has 0 saturated carbocycles. The average molecular weight is 334 g/mol. The highest BCUT2D eigenvalue weighted by molar-refractivity contribution is 5.85. The standard InChI is InChI=1S/C20H43N.ClH/c1-5-6-7-8-9-10-11-12-13-14-15-16-17-18-19(2)20(3,4)21;/h19H,5-18,21H2,1-4H3;1H. The number of hydrogen-bond donors (Lipinski definition) is 1. The van der Waals surface area contributed by atoms with Gasteiger partial charge in [0.25, 0.3) is 0 Å². The molecule has 0 aliphatic rings. The van der Waals surface area contributed by atoms with Crippen LogP contribution < -0.4 is 5.73 Å². The van der Waals surface area contributed by atoms with Gasteiger partial charge in [-0.3, -0.25) is 0 Å². The largest absolute Gasteiger partial charge is 0.325 e. The molecule has 0 aliphatic heterocycles. The SMILES string of the molecule is CCCCCCCCCCCCCCCC(C)C(C)(C)N.Cl. The molecule has 1 unspecified atom stereocenters. The number of halogens is 1. The molecule has 0 heterocycles. The fourth-order valence-corrected chi connectivity index (χ4v) is 2.84. The van der Waals surface area contributed by atoms with Crippen LogP contribution in [0.4, 0.5) is 0 Å². The van der Waals surface area contributed by atoms with Crippen molar-refractivity contribution in [2.24, 2.45) is 11.7 Å². The highest BCUT2D eigenvalue weighted by atomic mass is 35.5. The van der Waals surface area contributed by atoms with E-state index in [-0.39, 0.29) is 17.9 Å². The first kappa shape index (κ1) is 24.5. The van der Waals surface area contributed by atoms with E-state index in [1.807, 2.05) is 0 Å². The molecule has 0 saturated heterocycles. The molecule has 0 radical (unpaired) electrons. The van der Waals surface area contributed by atoms with E-state index in [1.54, 1.807) is 0 Å². The van der Waals surface area contributed by atoms with Crippen LogP contribution in [0.3, 0.4) is 0 Å². The van der Waals surface area contributed by atoms with Gasteiger partial charge >= 0.3 is 0 Å². The fraction of sp³-hybridized carbons (Fsp3) is 1.00. The Balaban J connectivity index is 0. The van der Waals surface area contributed by atoms with Gasteiger partial charge in [-0.25, -0.2) is 0 Å². The predicted molar refractivity (Wildman–Crippen MR) is 105 cm³/mol. The minimum atomic E-state index is -0.00285. The van der Waals surface area contributed by atoms with E-state index >= 15 is 0 Å². The van der Waals surface area contributed by atoms with Gasteiger partial charge < -0.3 is 5.73 Å². The maximum atomic E-state index is 6.13. The normalized spacial score (nSPS) is 13.0. The molecule has 0 aromatic heterocycles. The van der Waals surface area contributed by atoms with Crippen LogP contribution in [0, 0.1) is 5.92 Å². The zero-order valence-corrected chi connectivity index (χ0v) is 16.8. The van der Waals surface area contributed by atoms with Crippen molar-refractivity contribution in [2.45, 2.75) is 123 Å². The molecule has 0 fully saturated rings. The van der Waals surface area contributed by atoms with Crippen molar-refractivity contribution >= 4 is 12.4 Å². The van der Waals surface area contributed by atoms with Gasteiger partial charge in [-0.2, -0.15) is 0 Å². The van der Waals surface area contributed by atoms with Gasteiger partial charge in [0.15, 0.2) is 0 Å². The smallest absolute Gasteiger partial charge is 0.0123 e. The first-order valence-electron chi connectivity index (χ1n) is 9.77. The van der Waals surface area contributed by atoms with Crippen molar-refractivity contribution in [3.05, 3.63) is 0 Å². The molecule has 1 nitrogen and oxygen atoms in total. The predicted octanol–water partition coefficient (Wildman–Crippen LogP) is 7.26. The number of hydrogen-bond acceptors (Lipinski definition) is 1. The van der Waals surface area contributed by atoms with Crippen molar-refractivity contribution in [1.82, 2.24) is 0 Å². The lowest BCUT2D eigenvalue weighted by atomic mass is 9.86. The van der Waals surface area contributed by atoms with Crippen molar-refractivity contribution in [3.63, 3.8) is 0 Å². The first-order valence-corrected chi connectivity index (χ1v) is 9.77. The van der Waals surface area contributed by atoms with Gasteiger partial charge in [-0.05, 0) is 26.2 Å². The van der Waals surface area contributed by atoms with Crippen LogP contribution in [-0.2, 0) is 0 Å². The molecule has 2 heteroatoms. The minimum absolute atomic E-state index is 0. The van der Waals surface area contributed by atoms with E-state index in [9.17, 15) is 0 Å². The van der Waals surface area contributed by atoms with Gasteiger partial charge in [0.1, 0.15) is 0 Å². The number of nitrogens with two attached hydrogens (primary N) is 1. The molecule has 2 N–H and O–H groups in total. The third-order valence-corrected chi connectivity index (χ3v) is 5.01. The fourth-order valence-electron chi connectivity index (χ4n) is 2.84. The highest BCUT2D eigenvalue weighted by Gasteiger charge is 2.19. The van der Waals surface area contributed by atoms with Crippen molar-refractivity contribution in [2.75, 3.05) is 0 Å². The summed E-state index contributed by atoms with van der Waals surface area (Å²) in [5.74, 6) is 0.644. The third kappa shape index (κ3) is 16.6. The summed E-state index contributed by atoms with van der Waals surface area (Å²) in [5.41, 5.74) is 6.12. The first-order chi connectivity index (χ1) is 9.98. The Morgan fingerprint density at radius 3 is 1.32 bits per heavy atom. The zero-order valence-electron chi connectivity index (χ0n) is 16.0. The Morgan fingerprint density at radius 1 is 0.682 bits per heavy atom. The van der Waals surface area contributed by atoms with E-state index in [4.69, 9.17) is 5.73 Å². The second-order valence-electron chi connectivity index (χ2n) is 7.75. The van der Waals surface area contributed by atoms with E-state index in [0.717, 1.165) is 0 Å². The number of unbranched alkanes of at least 4 members (excludes halogenated alkanes) is 12. The van der Waals surface area contributed by atoms with Crippen molar-refractivity contribution < 1.29 is 0 Å². The third-order valence-electron chi connectivity index (χ3n) is 5.01. The molecule has 0 spiro atoms. The zero-order chi connectivity index (χ0) is 16.0. The molecular formula is C20H44ClN. The van der Waals surface area contributed by atoms with Gasteiger partial charge in [0.05, 0.1) is 0 Å². The summed E-state index contributed by atoms with van der Waals surface area (Å²) in [6, 6.07) is 0. The molecule has 0 aliphatic carbocycles. The summed E-state index contributed by atoms with van der Waals surface area (Å²) in [6.45, 7) is 8.89. The average Bonchev–Trinajstić information content (AvgIpc) is 2.42. The highest BCUT2D eigenvalue weighted by Crippen LogP contribution is 2.20. The topological polar surface area (TPSA) is 26.0 Å². The van der Waals surface area contributed by atoms with Crippen LogP contribution in [0.1, 0.15) is 118 Å². The van der Waals surface area contributed by atoms with Crippen molar-refractivity contribution in [3.8, 4) is 0 Å². The van der Waals surface area contributed by atoms with Crippen LogP contribution in [0.25, 0.3) is 0 Å². The quantitative estimate of drug-likeness (QED) is 0.313. The van der Waals surface area contributed by atoms with Gasteiger partial charge in [-0.15, -0.1) is 12.4 Å². The van der Waals surface area contributed by atoms with Crippen LogP contribution in [-0.4, -0.2) is 5.54 Å². The maximum absolute atomic E-state index is 6.13. The van der Waals surface area contributed by atoms with Crippen LogP contribution in [0.2, 0.25) is 0 Å². The molecule has 0 amide bonds. The minimum Gasteiger partial charge on any atom is -0.325 e. The van der Waals surface area contributed by atoms with Crippen LogP contribution in [0.5, 0.6) is 0 Å². The van der Waals surface area contributed by atoms with Crippen molar-refractivity contribution in [1.29, 1.82) is 0 Å². The molecule has 0 aromatic rings. The summed E-state index contributed by atoms with van der Waals surface area (Å²) in [5, 5.41) is 0. The Bertz CT molecular complexity index is 210. The summed E-state index contributed by atoms with van der Waals surface area (Å²) in [4.78, 5) is 0. The monoisotopic (exact) mass is 333 g/mol. The Morgan fingerprint density at radius 2 is 1.00 bits per heavy atom. The Kier molecular flexibility index (Phi) is 18.0. The van der Waals surface area contributed by atoms with E-state index in [2.05, 4.69) is 27.7 Å². The summed E-state index contributed by atoms with van der Waals surface area (Å²) >= 11 is 0. The number of rotatable bonds is 15. The molecule has 22 heavy (non-hydrogen) atoms. The molecule has 1 atom stereocenters. The molecule has 0 rings (SSSR count). The second-order valence-corrected chi connectivity index (χ2v) is 7.75. The van der Waals surface area contributed by atoms with E-state index < -0.39 is 0 Å². The van der Waals surface area contributed by atoms with E-state index in [1.165, 1.54) is 89.9 Å².